The number of ether oxygens (including phenoxy) is 2. The summed E-state index contributed by atoms with van der Waals surface area (Å²) in [6, 6.07) is 23.1. The van der Waals surface area contributed by atoms with E-state index in [4.69, 9.17) is 13.9 Å². The van der Waals surface area contributed by atoms with Crippen molar-refractivity contribution in [1.29, 1.82) is 0 Å². The number of fused-ring (bicyclic) bond motifs is 1. The number of esters is 1. The Bertz CT molecular complexity index is 1450. The van der Waals surface area contributed by atoms with Crippen LogP contribution in [-0.2, 0) is 22.6 Å². The molecule has 0 aliphatic rings. The van der Waals surface area contributed by atoms with E-state index in [-0.39, 0.29) is 12.4 Å². The summed E-state index contributed by atoms with van der Waals surface area (Å²) in [7, 11) is 0. The Kier molecular flexibility index (Phi) is 8.93. The molecule has 196 valence electrons. The van der Waals surface area contributed by atoms with Crippen LogP contribution in [0.4, 0.5) is 4.79 Å². The summed E-state index contributed by atoms with van der Waals surface area (Å²) in [4.78, 5) is 38.1. The van der Waals surface area contributed by atoms with E-state index in [1.807, 2.05) is 74.5 Å². The maximum absolute atomic E-state index is 13.0. The lowest BCUT2D eigenvalue weighted by Crippen LogP contribution is -2.43. The van der Waals surface area contributed by atoms with Crippen LogP contribution in [-0.4, -0.2) is 18.1 Å². The fourth-order valence-corrected chi connectivity index (χ4v) is 4.19. The number of benzene rings is 3. The first-order valence-corrected chi connectivity index (χ1v) is 12.7. The average molecular weight is 514 g/mol. The molecule has 0 saturated carbocycles. The first-order chi connectivity index (χ1) is 18.4. The molecule has 4 aromatic rings. The third-order valence-corrected chi connectivity index (χ3v) is 6.34. The van der Waals surface area contributed by atoms with Gasteiger partial charge < -0.3 is 19.2 Å². The van der Waals surface area contributed by atoms with Crippen LogP contribution in [0.15, 0.2) is 88.1 Å². The third-order valence-electron chi connectivity index (χ3n) is 6.34. The number of rotatable bonds is 10. The summed E-state index contributed by atoms with van der Waals surface area (Å²) in [5.41, 5.74) is 3.17. The van der Waals surface area contributed by atoms with Crippen molar-refractivity contribution in [3.05, 3.63) is 112 Å². The van der Waals surface area contributed by atoms with Crippen molar-refractivity contribution >= 4 is 23.0 Å². The Morgan fingerprint density at radius 1 is 0.947 bits per heavy atom. The number of hydrogen-bond acceptors (Lipinski definition) is 6. The van der Waals surface area contributed by atoms with E-state index in [1.165, 1.54) is 6.07 Å². The topological polar surface area (TPSA) is 94.8 Å². The Labute approximate surface area is 221 Å². The summed E-state index contributed by atoms with van der Waals surface area (Å²) in [6.45, 7) is 3.97. The van der Waals surface area contributed by atoms with Crippen LogP contribution < -0.4 is 15.7 Å². The molecule has 7 heteroatoms. The van der Waals surface area contributed by atoms with Gasteiger partial charge in [-0.05, 0) is 42.2 Å². The highest BCUT2D eigenvalue weighted by atomic mass is 16.6. The van der Waals surface area contributed by atoms with E-state index in [0.717, 1.165) is 28.5 Å². The van der Waals surface area contributed by atoms with Gasteiger partial charge in [-0.1, -0.05) is 80.4 Å². The molecule has 4 rings (SSSR count). The molecule has 1 atom stereocenters. The number of carbonyl (C=O) groups excluding carboxylic acids is 2. The zero-order valence-electron chi connectivity index (χ0n) is 21.6. The molecule has 0 spiro atoms. The maximum Gasteiger partial charge on any atom is 0.408 e. The minimum Gasteiger partial charge on any atom is -0.445 e. The van der Waals surface area contributed by atoms with Gasteiger partial charge in [0.1, 0.15) is 24.0 Å². The predicted octanol–water partition coefficient (Wildman–Crippen LogP) is 6.08. The fraction of sp³-hybridized carbons (Fsp3) is 0.258. The second-order valence-electron chi connectivity index (χ2n) is 9.14. The number of unbranched alkanes of at least 4 members (excludes halogenated alkanes) is 1. The number of aryl methyl sites for hydroxylation is 1. The maximum atomic E-state index is 13.0. The van der Waals surface area contributed by atoms with Gasteiger partial charge in [-0.2, -0.15) is 0 Å². The van der Waals surface area contributed by atoms with Gasteiger partial charge in [-0.25, -0.2) is 14.4 Å². The average Bonchev–Trinajstić information content (AvgIpc) is 2.93. The number of carbonyl (C=O) groups is 2. The minimum absolute atomic E-state index is 0.0948. The molecule has 1 aromatic heterocycles. The van der Waals surface area contributed by atoms with Crippen LogP contribution in [0, 0.1) is 6.92 Å². The van der Waals surface area contributed by atoms with Gasteiger partial charge in [-0.3, -0.25) is 0 Å². The molecular formula is C31H31NO6. The van der Waals surface area contributed by atoms with Crippen molar-refractivity contribution < 1.29 is 23.5 Å². The minimum atomic E-state index is -0.879. The molecule has 0 saturated heterocycles. The molecule has 7 nitrogen and oxygen atoms in total. The van der Waals surface area contributed by atoms with Crippen LogP contribution in [0.3, 0.4) is 0 Å². The van der Waals surface area contributed by atoms with E-state index in [2.05, 4.69) is 5.32 Å². The van der Waals surface area contributed by atoms with E-state index < -0.39 is 23.7 Å². The van der Waals surface area contributed by atoms with Gasteiger partial charge >= 0.3 is 17.7 Å². The monoisotopic (exact) mass is 513 g/mol. The van der Waals surface area contributed by atoms with Crippen molar-refractivity contribution in [1.82, 2.24) is 5.32 Å². The molecular weight excluding hydrogens is 482 g/mol. The molecule has 0 bridgehead atoms. The van der Waals surface area contributed by atoms with E-state index >= 15 is 0 Å². The van der Waals surface area contributed by atoms with Crippen LogP contribution >= 0.6 is 0 Å². The molecule has 0 radical (unpaired) electrons. The third kappa shape index (κ3) is 6.88. The molecule has 0 aliphatic heterocycles. The van der Waals surface area contributed by atoms with Gasteiger partial charge in [0, 0.05) is 23.4 Å². The first kappa shape index (κ1) is 26.7. The summed E-state index contributed by atoms with van der Waals surface area (Å²) < 4.78 is 16.4. The van der Waals surface area contributed by atoms with Gasteiger partial charge in [0.15, 0.2) is 0 Å². The largest absolute Gasteiger partial charge is 0.445 e. The lowest BCUT2D eigenvalue weighted by Gasteiger charge is -2.17. The zero-order chi connectivity index (χ0) is 26.9. The van der Waals surface area contributed by atoms with Crippen LogP contribution in [0.5, 0.6) is 5.75 Å². The molecule has 1 amide bonds. The number of hydrogen-bond donors (Lipinski definition) is 1. The number of amides is 1. The number of nitrogens with one attached hydrogen (secondary N) is 1. The van der Waals surface area contributed by atoms with E-state index in [1.54, 1.807) is 12.1 Å². The van der Waals surface area contributed by atoms with E-state index in [0.29, 0.717) is 30.4 Å². The second-order valence-corrected chi connectivity index (χ2v) is 9.14. The van der Waals surface area contributed by atoms with Gasteiger partial charge in [0.2, 0.25) is 0 Å². The summed E-state index contributed by atoms with van der Waals surface area (Å²) in [5, 5.41) is 3.38. The Morgan fingerprint density at radius 2 is 1.63 bits per heavy atom. The lowest BCUT2D eigenvalue weighted by molar-refractivity contribution is -0.136. The molecule has 0 aliphatic carbocycles. The van der Waals surface area contributed by atoms with Crippen LogP contribution in [0.1, 0.15) is 48.4 Å². The molecule has 1 N–H and O–H groups in total. The molecule has 38 heavy (non-hydrogen) atoms. The van der Waals surface area contributed by atoms with Gasteiger partial charge in [0.05, 0.1) is 0 Å². The van der Waals surface area contributed by atoms with Crippen LogP contribution in [0.2, 0.25) is 0 Å². The van der Waals surface area contributed by atoms with Crippen molar-refractivity contribution in [2.24, 2.45) is 0 Å². The predicted molar refractivity (Wildman–Crippen MR) is 145 cm³/mol. The number of alkyl carbamates (subject to hydrolysis) is 1. The standard InChI is InChI=1S/C31H31NO6/c1-3-4-15-27(32-31(35)36-20-23-13-9-6-10-14-23)30(34)37-24-16-17-25-21(2)26(29(33)38-28(25)19-24)18-22-11-7-5-8-12-22/h5-14,16-17,19,27H,3-4,15,18,20H2,1-2H3,(H,32,35)/t27-/m0/s1. The lowest BCUT2D eigenvalue weighted by atomic mass is 10.00. The van der Waals surface area contributed by atoms with Crippen molar-refractivity contribution in [2.45, 2.75) is 52.2 Å². The fourth-order valence-electron chi connectivity index (χ4n) is 4.19. The quantitative estimate of drug-likeness (QED) is 0.157. The normalized spacial score (nSPS) is 11.6. The molecule has 0 unspecified atom stereocenters. The highest BCUT2D eigenvalue weighted by Gasteiger charge is 2.24. The molecule has 0 fully saturated rings. The SMILES string of the molecule is CCCC[C@H](NC(=O)OCc1ccccc1)C(=O)Oc1ccc2c(C)c(Cc3ccccc3)c(=O)oc2c1. The Balaban J connectivity index is 1.46. The molecule has 3 aromatic carbocycles. The highest BCUT2D eigenvalue weighted by molar-refractivity contribution is 5.86. The van der Waals surface area contributed by atoms with Crippen molar-refractivity contribution in [3.63, 3.8) is 0 Å². The second kappa shape index (κ2) is 12.7. The van der Waals surface area contributed by atoms with Crippen molar-refractivity contribution in [2.75, 3.05) is 0 Å². The zero-order valence-corrected chi connectivity index (χ0v) is 21.6. The molecule has 1 heterocycles. The smallest absolute Gasteiger partial charge is 0.408 e. The summed E-state index contributed by atoms with van der Waals surface area (Å²) in [6.07, 6.45) is 1.73. The Hall–Kier alpha value is -4.39. The van der Waals surface area contributed by atoms with Crippen LogP contribution in [0.25, 0.3) is 11.0 Å². The van der Waals surface area contributed by atoms with E-state index in [9.17, 15) is 14.4 Å². The van der Waals surface area contributed by atoms with Gasteiger partial charge in [-0.15, -0.1) is 0 Å². The van der Waals surface area contributed by atoms with Crippen molar-refractivity contribution in [3.8, 4) is 5.75 Å². The highest BCUT2D eigenvalue weighted by Crippen LogP contribution is 2.25. The van der Waals surface area contributed by atoms with Gasteiger partial charge in [0.25, 0.3) is 0 Å². The first-order valence-electron chi connectivity index (χ1n) is 12.7. The summed E-state index contributed by atoms with van der Waals surface area (Å²) >= 11 is 0. The summed E-state index contributed by atoms with van der Waals surface area (Å²) in [5.74, 6) is -0.393. The Morgan fingerprint density at radius 3 is 2.32 bits per heavy atom.